The lowest BCUT2D eigenvalue weighted by Crippen LogP contribution is -2.14. The van der Waals surface area contributed by atoms with Crippen LogP contribution in [0.3, 0.4) is 0 Å². The fourth-order valence-corrected chi connectivity index (χ4v) is 13.6. The van der Waals surface area contributed by atoms with E-state index in [1.165, 1.54) is 115 Å². The molecule has 0 aliphatic rings. The molecule has 0 bridgehead atoms. The van der Waals surface area contributed by atoms with E-state index in [2.05, 4.69) is 286 Å². The van der Waals surface area contributed by atoms with Gasteiger partial charge in [0, 0.05) is 82.8 Å². The summed E-state index contributed by atoms with van der Waals surface area (Å²) >= 11 is 0. The molecule has 5 heterocycles. The van der Waals surface area contributed by atoms with Crippen molar-refractivity contribution in [3.63, 3.8) is 0 Å². The van der Waals surface area contributed by atoms with Crippen LogP contribution in [0.2, 0.25) is 0 Å². The van der Waals surface area contributed by atoms with Crippen LogP contribution in [0.5, 0.6) is 0 Å². The van der Waals surface area contributed by atoms with Crippen LogP contribution in [0.15, 0.2) is 284 Å². The number of para-hydroxylation sites is 6. The highest BCUT2D eigenvalue weighted by molar-refractivity contribution is 6.15. The highest BCUT2D eigenvalue weighted by atomic mass is 16.3. The number of nitrogens with zero attached hydrogens (tertiary/aromatic N) is 4. The van der Waals surface area contributed by atoms with E-state index in [4.69, 9.17) is 4.42 Å². The summed E-state index contributed by atoms with van der Waals surface area (Å²) in [5.41, 5.74) is 20.6. The van der Waals surface area contributed by atoms with Crippen LogP contribution in [0.4, 0.5) is 0 Å². The lowest BCUT2D eigenvalue weighted by Gasteiger charge is -2.21. The van der Waals surface area contributed by atoms with Gasteiger partial charge in [0.15, 0.2) is 0 Å². The molecule has 12 aromatic carbocycles. The van der Waals surface area contributed by atoms with Gasteiger partial charge < -0.3 is 22.7 Å². The van der Waals surface area contributed by atoms with Gasteiger partial charge in [-0.1, -0.05) is 164 Å². The van der Waals surface area contributed by atoms with Gasteiger partial charge in [-0.3, -0.25) is 0 Å². The van der Waals surface area contributed by atoms with Gasteiger partial charge in [0.05, 0.1) is 39.1 Å². The Kier molecular flexibility index (Phi) is 9.92. The molecule has 5 aromatic heterocycles. The van der Waals surface area contributed by atoms with Gasteiger partial charge in [0.1, 0.15) is 11.2 Å². The molecule has 0 aliphatic heterocycles. The largest absolute Gasteiger partial charge is 0.456 e. The summed E-state index contributed by atoms with van der Waals surface area (Å²) < 4.78 is 16.1. The average Bonchev–Trinajstić information content (AvgIpc) is 4.48. The lowest BCUT2D eigenvalue weighted by atomic mass is 10.00. The van der Waals surface area contributed by atoms with Crippen LogP contribution in [-0.4, -0.2) is 18.3 Å². The Bertz CT molecular complexity index is 5200. The van der Waals surface area contributed by atoms with E-state index in [-0.39, 0.29) is 6.04 Å². The third-order valence-electron chi connectivity index (χ3n) is 17.3. The third-order valence-corrected chi connectivity index (χ3v) is 17.3. The number of rotatable bonds is 9. The minimum absolute atomic E-state index is 0.136. The second-order valence-corrected chi connectivity index (χ2v) is 21.6. The first-order valence-electron chi connectivity index (χ1n) is 27.9. The maximum absolute atomic E-state index is 6.24. The molecule has 81 heavy (non-hydrogen) atoms. The Morgan fingerprint density at radius 2 is 0.654 bits per heavy atom. The molecular weight excluding hydrogens is 985 g/mol. The Labute approximate surface area is 466 Å². The van der Waals surface area contributed by atoms with Gasteiger partial charge in [-0.05, 0) is 143 Å². The first-order chi connectivity index (χ1) is 40.1. The van der Waals surface area contributed by atoms with Crippen molar-refractivity contribution in [2.75, 3.05) is 0 Å². The summed E-state index contributed by atoms with van der Waals surface area (Å²) in [6.45, 7) is 5.33. The van der Waals surface area contributed by atoms with Gasteiger partial charge >= 0.3 is 0 Å². The number of benzene rings is 12. The zero-order chi connectivity index (χ0) is 53.3. The van der Waals surface area contributed by atoms with Crippen molar-refractivity contribution in [1.29, 1.82) is 0 Å². The molecule has 17 aromatic rings. The molecule has 5 heteroatoms. The van der Waals surface area contributed by atoms with Crippen molar-refractivity contribution in [2.24, 2.45) is 0 Å². The molecule has 5 nitrogen and oxygen atoms in total. The molecule has 0 fully saturated rings. The van der Waals surface area contributed by atoms with Crippen LogP contribution in [0.1, 0.15) is 6.04 Å². The summed E-state index contributed by atoms with van der Waals surface area (Å²) in [5.74, 6) is 0. The van der Waals surface area contributed by atoms with Crippen molar-refractivity contribution in [2.45, 2.75) is 12.6 Å². The molecule has 1 unspecified atom stereocenters. The van der Waals surface area contributed by atoms with Crippen molar-refractivity contribution >= 4 is 109 Å². The summed E-state index contributed by atoms with van der Waals surface area (Å²) in [5, 5.41) is 12.1. The molecule has 380 valence electrons. The smallest absolute Gasteiger partial charge is 0.135 e. The maximum Gasteiger partial charge on any atom is 0.135 e. The number of allylic oxidation sites excluding steroid dienone is 1. The fraction of sp³-hybridized carbons (Fsp3) is 0.0263. The lowest BCUT2D eigenvalue weighted by molar-refractivity contribution is 0.552. The van der Waals surface area contributed by atoms with Crippen LogP contribution < -0.4 is 0 Å². The predicted molar refractivity (Wildman–Crippen MR) is 340 cm³/mol. The van der Waals surface area contributed by atoms with Crippen molar-refractivity contribution in [3.05, 3.63) is 280 Å². The Hall–Kier alpha value is -10.6. The minimum Gasteiger partial charge on any atom is -0.456 e. The Morgan fingerprint density at radius 3 is 1.20 bits per heavy atom. The molecule has 0 spiro atoms. The normalized spacial score (nSPS) is 12.5. The number of hydrogen-bond donors (Lipinski definition) is 0. The Morgan fingerprint density at radius 1 is 0.296 bits per heavy atom. The van der Waals surface area contributed by atoms with E-state index in [0.717, 1.165) is 38.9 Å². The van der Waals surface area contributed by atoms with Crippen LogP contribution >= 0.6 is 0 Å². The molecule has 0 saturated heterocycles. The van der Waals surface area contributed by atoms with Gasteiger partial charge in [-0.2, -0.15) is 0 Å². The second-order valence-electron chi connectivity index (χ2n) is 21.6. The van der Waals surface area contributed by atoms with Gasteiger partial charge in [0.25, 0.3) is 0 Å². The number of aromatic nitrogens is 4. The topological polar surface area (TPSA) is 32.9 Å². The van der Waals surface area contributed by atoms with E-state index < -0.39 is 0 Å². The highest BCUT2D eigenvalue weighted by Crippen LogP contribution is 2.43. The molecular formula is C76H50N4O. The van der Waals surface area contributed by atoms with E-state index >= 15 is 0 Å². The van der Waals surface area contributed by atoms with Gasteiger partial charge in [-0.15, -0.1) is 6.58 Å². The number of hydrogen-bond acceptors (Lipinski definition) is 1. The van der Waals surface area contributed by atoms with Gasteiger partial charge in [-0.25, -0.2) is 0 Å². The molecule has 0 aliphatic carbocycles. The zero-order valence-electron chi connectivity index (χ0n) is 44.2. The van der Waals surface area contributed by atoms with Crippen LogP contribution in [0.25, 0.3) is 154 Å². The highest BCUT2D eigenvalue weighted by Gasteiger charge is 2.23. The van der Waals surface area contributed by atoms with Crippen molar-refractivity contribution in [1.82, 2.24) is 18.3 Å². The van der Waals surface area contributed by atoms with Crippen molar-refractivity contribution in [3.8, 4) is 44.8 Å². The van der Waals surface area contributed by atoms with E-state index in [0.29, 0.717) is 6.54 Å². The van der Waals surface area contributed by atoms with Crippen LogP contribution in [0, 0.1) is 0 Å². The quantitative estimate of drug-likeness (QED) is 0.133. The van der Waals surface area contributed by atoms with Crippen LogP contribution in [-0.2, 0) is 6.54 Å². The standard InChI is InChI=1S/C76H50N4O/c1-2-54(47-77-67-25-13-9-21-57(67)63-41-48(31-37-68(63)77)51-34-40-76-66(44-51)62-24-12-16-28-75(62)81-76)78-73-45-52(49-32-38-71-64(42-49)58-22-10-14-26-69(58)79(71)55-17-5-3-6-18-55)29-35-60(73)61-36-30-53(46-74(61)78)50-33-39-72-65(43-50)59-23-11-15-27-70(59)80(72)56-19-7-4-8-20-56/h2-46,54H,1,47H2. The first kappa shape index (κ1) is 45.4. The van der Waals surface area contributed by atoms with Crippen molar-refractivity contribution < 1.29 is 4.42 Å². The number of furan rings is 1. The minimum atomic E-state index is -0.136. The monoisotopic (exact) mass is 1030 g/mol. The summed E-state index contributed by atoms with van der Waals surface area (Å²) in [7, 11) is 0. The SMILES string of the molecule is C=CC(Cn1c2ccccc2c2cc(-c3ccc4oc5ccccc5c4c3)ccc21)n1c2cc(-c3ccc4c(c3)c3ccccc3n4-c3ccccc3)ccc2c2ccc(-c3ccc4c(c3)c3ccccc3n4-c3ccccc3)cc21. The molecule has 17 rings (SSSR count). The summed E-state index contributed by atoms with van der Waals surface area (Å²) in [4.78, 5) is 0. The van der Waals surface area contributed by atoms with E-state index in [1.807, 2.05) is 12.1 Å². The third kappa shape index (κ3) is 6.92. The van der Waals surface area contributed by atoms with Gasteiger partial charge in [0.2, 0.25) is 0 Å². The molecule has 0 N–H and O–H groups in total. The summed E-state index contributed by atoms with van der Waals surface area (Å²) in [6, 6.07) is 97.7. The molecule has 0 amide bonds. The fourth-order valence-electron chi connectivity index (χ4n) is 13.6. The number of fused-ring (bicyclic) bond motifs is 15. The molecule has 1 atom stereocenters. The maximum atomic E-state index is 6.24. The predicted octanol–water partition coefficient (Wildman–Crippen LogP) is 20.4. The van der Waals surface area contributed by atoms with E-state index in [9.17, 15) is 0 Å². The molecule has 0 radical (unpaired) electrons. The first-order valence-corrected chi connectivity index (χ1v) is 27.9. The average molecular weight is 1040 g/mol. The second kappa shape index (κ2) is 17.7. The molecule has 0 saturated carbocycles. The zero-order valence-corrected chi connectivity index (χ0v) is 44.2. The summed E-state index contributed by atoms with van der Waals surface area (Å²) in [6.07, 6.45) is 2.16. The Balaban J connectivity index is 0.845. The van der Waals surface area contributed by atoms with E-state index in [1.54, 1.807) is 0 Å².